The summed E-state index contributed by atoms with van der Waals surface area (Å²) in [6.07, 6.45) is 0.972. The summed E-state index contributed by atoms with van der Waals surface area (Å²) in [4.78, 5) is 12.4. The highest BCUT2D eigenvalue weighted by Crippen LogP contribution is 2.22. The van der Waals surface area contributed by atoms with Crippen molar-refractivity contribution in [2.24, 2.45) is 0 Å². The van der Waals surface area contributed by atoms with E-state index in [-0.39, 0.29) is 5.91 Å². The number of hydrogen-bond donors (Lipinski definition) is 1. The maximum Gasteiger partial charge on any atom is 0.261 e. The molecule has 0 bridgehead atoms. The number of fused-ring (bicyclic) bond motifs is 1. The molecule has 25 heavy (non-hydrogen) atoms. The van der Waals surface area contributed by atoms with Gasteiger partial charge >= 0.3 is 0 Å². The number of rotatable bonds is 7. The number of carbonyl (C=O) groups excluding carboxylic acids is 1. The molecule has 0 aliphatic carbocycles. The van der Waals surface area contributed by atoms with Crippen LogP contribution in [0.25, 0.3) is 10.8 Å². The Hall–Kier alpha value is -2.81. The topological polar surface area (TPSA) is 38.3 Å². The summed E-state index contributed by atoms with van der Waals surface area (Å²) in [5, 5.41) is 5.25. The molecule has 0 fully saturated rings. The van der Waals surface area contributed by atoms with Crippen molar-refractivity contribution < 1.29 is 9.53 Å². The lowest BCUT2D eigenvalue weighted by atomic mass is 10.1. The molecule has 3 aromatic carbocycles. The first-order valence-corrected chi connectivity index (χ1v) is 8.73. The Morgan fingerprint density at radius 3 is 2.44 bits per heavy atom. The maximum absolute atomic E-state index is 12.4. The standard InChI is InChI=1S/C22H23NO2/c1-2-21(22(24)23-15-14-17-8-4-3-5-9-17)25-20-13-12-18-10-6-7-11-19(18)16-20/h3-13,16,21H,2,14-15H2,1H3,(H,23,24)/t21-/m1/s1. The number of carbonyl (C=O) groups is 1. The normalized spacial score (nSPS) is 11.9. The maximum atomic E-state index is 12.4. The Bertz CT molecular complexity index is 830. The molecule has 0 aromatic heterocycles. The molecule has 1 N–H and O–H groups in total. The molecule has 3 heteroatoms. The largest absolute Gasteiger partial charge is 0.481 e. The fraction of sp³-hybridized carbons (Fsp3) is 0.227. The fourth-order valence-electron chi connectivity index (χ4n) is 2.82. The predicted octanol–water partition coefficient (Wildman–Crippen LogP) is 4.36. The van der Waals surface area contributed by atoms with E-state index >= 15 is 0 Å². The van der Waals surface area contributed by atoms with Crippen LogP contribution in [0.4, 0.5) is 0 Å². The smallest absolute Gasteiger partial charge is 0.261 e. The van der Waals surface area contributed by atoms with Crippen molar-refractivity contribution in [2.45, 2.75) is 25.9 Å². The third-order valence-electron chi connectivity index (χ3n) is 4.22. The quantitative estimate of drug-likeness (QED) is 0.698. The lowest BCUT2D eigenvalue weighted by molar-refractivity contribution is -0.128. The first kappa shape index (κ1) is 17.0. The van der Waals surface area contributed by atoms with Gasteiger partial charge in [0.25, 0.3) is 5.91 Å². The van der Waals surface area contributed by atoms with E-state index in [0.717, 1.165) is 22.9 Å². The van der Waals surface area contributed by atoms with E-state index in [2.05, 4.69) is 23.5 Å². The van der Waals surface area contributed by atoms with Gasteiger partial charge in [-0.1, -0.05) is 67.6 Å². The second-order valence-electron chi connectivity index (χ2n) is 6.05. The van der Waals surface area contributed by atoms with Crippen LogP contribution in [-0.4, -0.2) is 18.6 Å². The fourth-order valence-corrected chi connectivity index (χ4v) is 2.82. The molecule has 3 nitrogen and oxygen atoms in total. The Labute approximate surface area is 148 Å². The molecule has 0 heterocycles. The zero-order valence-electron chi connectivity index (χ0n) is 14.4. The molecule has 0 radical (unpaired) electrons. The number of nitrogens with one attached hydrogen (secondary N) is 1. The average Bonchev–Trinajstić information content (AvgIpc) is 2.66. The summed E-state index contributed by atoms with van der Waals surface area (Å²) >= 11 is 0. The first-order valence-electron chi connectivity index (χ1n) is 8.73. The van der Waals surface area contributed by atoms with E-state index in [1.54, 1.807) is 0 Å². The third kappa shape index (κ3) is 4.60. The Morgan fingerprint density at radius 1 is 0.960 bits per heavy atom. The van der Waals surface area contributed by atoms with E-state index in [1.807, 2.05) is 61.5 Å². The van der Waals surface area contributed by atoms with Gasteiger partial charge in [0.05, 0.1) is 0 Å². The van der Waals surface area contributed by atoms with Crippen LogP contribution >= 0.6 is 0 Å². The minimum atomic E-state index is -0.475. The highest BCUT2D eigenvalue weighted by atomic mass is 16.5. The van der Waals surface area contributed by atoms with Crippen LogP contribution in [0.15, 0.2) is 72.8 Å². The second-order valence-corrected chi connectivity index (χ2v) is 6.05. The van der Waals surface area contributed by atoms with Crippen molar-refractivity contribution >= 4 is 16.7 Å². The number of ether oxygens (including phenoxy) is 1. The van der Waals surface area contributed by atoms with Gasteiger partial charge in [-0.05, 0) is 41.3 Å². The Kier molecular flexibility index (Phi) is 5.68. The molecule has 3 rings (SSSR count). The highest BCUT2D eigenvalue weighted by Gasteiger charge is 2.17. The van der Waals surface area contributed by atoms with Crippen LogP contribution in [0.3, 0.4) is 0 Å². The van der Waals surface area contributed by atoms with Crippen LogP contribution in [0.1, 0.15) is 18.9 Å². The van der Waals surface area contributed by atoms with Crippen LogP contribution < -0.4 is 10.1 Å². The minimum Gasteiger partial charge on any atom is -0.481 e. The van der Waals surface area contributed by atoms with Gasteiger partial charge in [0.2, 0.25) is 0 Å². The monoisotopic (exact) mass is 333 g/mol. The van der Waals surface area contributed by atoms with Crippen LogP contribution in [-0.2, 0) is 11.2 Å². The van der Waals surface area contributed by atoms with Crippen molar-refractivity contribution in [1.29, 1.82) is 0 Å². The Morgan fingerprint density at radius 2 is 1.68 bits per heavy atom. The van der Waals surface area contributed by atoms with Crippen molar-refractivity contribution in [3.8, 4) is 5.75 Å². The molecule has 128 valence electrons. The molecule has 0 saturated carbocycles. The van der Waals surface area contributed by atoms with Gasteiger partial charge < -0.3 is 10.1 Å². The number of amides is 1. The van der Waals surface area contributed by atoms with Gasteiger partial charge in [0, 0.05) is 6.54 Å². The molecule has 0 spiro atoms. The molecular weight excluding hydrogens is 310 g/mol. The molecule has 0 aliphatic rings. The van der Waals surface area contributed by atoms with Crippen molar-refractivity contribution in [1.82, 2.24) is 5.32 Å². The molecule has 3 aromatic rings. The van der Waals surface area contributed by atoms with Gasteiger partial charge in [-0.15, -0.1) is 0 Å². The SMILES string of the molecule is CC[C@@H](Oc1ccc2ccccc2c1)C(=O)NCCc1ccccc1. The number of benzene rings is 3. The van der Waals surface area contributed by atoms with Crippen molar-refractivity contribution in [3.63, 3.8) is 0 Å². The van der Waals surface area contributed by atoms with E-state index < -0.39 is 6.10 Å². The zero-order valence-corrected chi connectivity index (χ0v) is 14.4. The average molecular weight is 333 g/mol. The van der Waals surface area contributed by atoms with E-state index in [9.17, 15) is 4.79 Å². The third-order valence-corrected chi connectivity index (χ3v) is 4.22. The first-order chi connectivity index (χ1) is 12.3. The summed E-state index contributed by atoms with van der Waals surface area (Å²) in [7, 11) is 0. The number of hydrogen-bond acceptors (Lipinski definition) is 2. The van der Waals surface area contributed by atoms with E-state index in [0.29, 0.717) is 13.0 Å². The lowest BCUT2D eigenvalue weighted by Gasteiger charge is -2.17. The molecule has 0 unspecified atom stereocenters. The van der Waals surface area contributed by atoms with E-state index in [4.69, 9.17) is 4.74 Å². The zero-order chi connectivity index (χ0) is 17.5. The summed E-state index contributed by atoms with van der Waals surface area (Å²) in [6, 6.07) is 24.2. The lowest BCUT2D eigenvalue weighted by Crippen LogP contribution is -2.38. The highest BCUT2D eigenvalue weighted by molar-refractivity contribution is 5.84. The van der Waals surface area contributed by atoms with Crippen LogP contribution in [0, 0.1) is 0 Å². The molecule has 0 saturated heterocycles. The predicted molar refractivity (Wildman–Crippen MR) is 102 cm³/mol. The van der Waals surface area contributed by atoms with Gasteiger partial charge in [-0.25, -0.2) is 0 Å². The van der Waals surface area contributed by atoms with Crippen molar-refractivity contribution in [3.05, 3.63) is 78.4 Å². The molecular formula is C22H23NO2. The summed E-state index contributed by atoms with van der Waals surface area (Å²) in [5.74, 6) is 0.662. The van der Waals surface area contributed by atoms with E-state index in [1.165, 1.54) is 5.56 Å². The van der Waals surface area contributed by atoms with Crippen molar-refractivity contribution in [2.75, 3.05) is 6.54 Å². The summed E-state index contributed by atoms with van der Waals surface area (Å²) < 4.78 is 5.92. The van der Waals surface area contributed by atoms with Gasteiger partial charge in [0.1, 0.15) is 5.75 Å². The summed E-state index contributed by atoms with van der Waals surface area (Å²) in [5.41, 5.74) is 1.21. The molecule has 1 atom stereocenters. The minimum absolute atomic E-state index is 0.0633. The van der Waals surface area contributed by atoms with Gasteiger partial charge in [-0.3, -0.25) is 4.79 Å². The molecule has 0 aliphatic heterocycles. The van der Waals surface area contributed by atoms with Gasteiger partial charge in [-0.2, -0.15) is 0 Å². The van der Waals surface area contributed by atoms with Crippen LogP contribution in [0.2, 0.25) is 0 Å². The van der Waals surface area contributed by atoms with Gasteiger partial charge in [0.15, 0.2) is 6.10 Å². The van der Waals surface area contributed by atoms with Crippen LogP contribution in [0.5, 0.6) is 5.75 Å². The second kappa shape index (κ2) is 8.34. The Balaban J connectivity index is 1.57. The summed E-state index contributed by atoms with van der Waals surface area (Å²) in [6.45, 7) is 2.57. The molecule has 1 amide bonds.